The fraction of sp³-hybridized carbons (Fsp3) is 0.818. The normalized spacial score (nSPS) is 17.2. The average Bonchev–Trinajstić information content (AvgIpc) is 2.97. The second-order valence-corrected chi connectivity index (χ2v) is 4.50. The molecule has 0 aromatic carbocycles. The lowest BCUT2D eigenvalue weighted by atomic mass is 10.1. The maximum Gasteiger partial charge on any atom is 0.326 e. The number of hydrogen-bond acceptors (Lipinski definition) is 3. The summed E-state index contributed by atoms with van der Waals surface area (Å²) in [5, 5.41) is 11.4. The molecule has 0 aliphatic heterocycles. The predicted molar refractivity (Wildman–Crippen MR) is 58.0 cm³/mol. The van der Waals surface area contributed by atoms with E-state index in [4.69, 9.17) is 9.84 Å². The van der Waals surface area contributed by atoms with Crippen molar-refractivity contribution in [1.29, 1.82) is 0 Å². The fourth-order valence-electron chi connectivity index (χ4n) is 1.39. The zero-order chi connectivity index (χ0) is 12.1. The number of carbonyl (C=O) groups excluding carboxylic acids is 1. The van der Waals surface area contributed by atoms with Gasteiger partial charge in [-0.3, -0.25) is 4.79 Å². The molecule has 1 unspecified atom stereocenters. The van der Waals surface area contributed by atoms with Crippen LogP contribution in [-0.2, 0) is 14.3 Å². The van der Waals surface area contributed by atoms with Crippen LogP contribution >= 0.6 is 0 Å². The van der Waals surface area contributed by atoms with Gasteiger partial charge in [-0.05, 0) is 26.2 Å². The summed E-state index contributed by atoms with van der Waals surface area (Å²) in [5.74, 6) is -0.862. The van der Waals surface area contributed by atoms with Gasteiger partial charge in [0.15, 0.2) is 0 Å². The first-order valence-corrected chi connectivity index (χ1v) is 5.62. The molecule has 16 heavy (non-hydrogen) atoms. The highest BCUT2D eigenvalue weighted by Crippen LogP contribution is 2.33. The van der Waals surface area contributed by atoms with Crippen molar-refractivity contribution in [3.8, 4) is 0 Å². The number of nitrogens with one attached hydrogen (secondary N) is 1. The van der Waals surface area contributed by atoms with E-state index >= 15 is 0 Å². The standard InChI is InChI=1S/C11H19NO4/c1-7(2)16-6-10(13)12-9(11(14)15)5-8-3-4-8/h7-9H,3-6H2,1-2H3,(H,12,13)(H,14,15). The van der Waals surface area contributed by atoms with Gasteiger partial charge in [-0.2, -0.15) is 0 Å². The molecule has 0 aromatic heterocycles. The quantitative estimate of drug-likeness (QED) is 0.676. The Morgan fingerprint density at radius 2 is 2.06 bits per heavy atom. The van der Waals surface area contributed by atoms with E-state index in [2.05, 4.69) is 5.32 Å². The lowest BCUT2D eigenvalue weighted by Gasteiger charge is -2.14. The molecule has 0 heterocycles. The van der Waals surface area contributed by atoms with Crippen LogP contribution < -0.4 is 5.32 Å². The molecule has 1 atom stereocenters. The van der Waals surface area contributed by atoms with Crippen LogP contribution in [0.1, 0.15) is 33.1 Å². The lowest BCUT2D eigenvalue weighted by Crippen LogP contribution is -2.43. The molecule has 0 radical (unpaired) electrons. The molecular weight excluding hydrogens is 210 g/mol. The molecule has 1 aliphatic carbocycles. The molecule has 1 rings (SSSR count). The number of carboxylic acids is 1. The summed E-state index contributed by atoms with van der Waals surface area (Å²) in [6.45, 7) is 3.57. The van der Waals surface area contributed by atoms with Crippen LogP contribution in [0.2, 0.25) is 0 Å². The van der Waals surface area contributed by atoms with Crippen molar-refractivity contribution in [3.63, 3.8) is 0 Å². The summed E-state index contributed by atoms with van der Waals surface area (Å²) in [6.07, 6.45) is 2.64. The number of amides is 1. The maximum absolute atomic E-state index is 11.4. The van der Waals surface area contributed by atoms with Gasteiger partial charge < -0.3 is 15.2 Å². The van der Waals surface area contributed by atoms with Gasteiger partial charge in [0.05, 0.1) is 6.10 Å². The molecule has 0 aromatic rings. The van der Waals surface area contributed by atoms with E-state index in [0.29, 0.717) is 12.3 Å². The summed E-state index contributed by atoms with van der Waals surface area (Å²) in [4.78, 5) is 22.2. The van der Waals surface area contributed by atoms with Crippen LogP contribution in [0.15, 0.2) is 0 Å². The number of rotatable bonds is 7. The first kappa shape index (κ1) is 13.0. The Bertz CT molecular complexity index is 261. The number of carboxylic acid groups (broad SMARTS) is 1. The van der Waals surface area contributed by atoms with Gasteiger partial charge >= 0.3 is 5.97 Å². The van der Waals surface area contributed by atoms with Crippen molar-refractivity contribution in [2.24, 2.45) is 5.92 Å². The highest BCUT2D eigenvalue weighted by molar-refractivity contribution is 5.84. The molecule has 0 saturated heterocycles. The summed E-state index contributed by atoms with van der Waals surface area (Å²) >= 11 is 0. The number of aliphatic carboxylic acids is 1. The van der Waals surface area contributed by atoms with Crippen LogP contribution in [0.5, 0.6) is 0 Å². The third-order valence-corrected chi connectivity index (χ3v) is 2.45. The van der Waals surface area contributed by atoms with E-state index in [1.807, 2.05) is 13.8 Å². The van der Waals surface area contributed by atoms with E-state index in [1.54, 1.807) is 0 Å². The third-order valence-electron chi connectivity index (χ3n) is 2.45. The first-order chi connectivity index (χ1) is 7.49. The van der Waals surface area contributed by atoms with Crippen molar-refractivity contribution in [3.05, 3.63) is 0 Å². The Hall–Kier alpha value is -1.10. The van der Waals surface area contributed by atoms with Gasteiger partial charge in [0.2, 0.25) is 5.91 Å². The van der Waals surface area contributed by atoms with E-state index in [1.165, 1.54) is 0 Å². The van der Waals surface area contributed by atoms with E-state index in [-0.39, 0.29) is 18.6 Å². The Morgan fingerprint density at radius 3 is 2.50 bits per heavy atom. The summed E-state index contributed by atoms with van der Waals surface area (Å²) in [6, 6.07) is -0.768. The van der Waals surface area contributed by atoms with Crippen LogP contribution in [0.25, 0.3) is 0 Å². The largest absolute Gasteiger partial charge is 0.480 e. The first-order valence-electron chi connectivity index (χ1n) is 5.62. The Kier molecular flexibility index (Phi) is 4.73. The smallest absolute Gasteiger partial charge is 0.326 e. The summed E-state index contributed by atoms with van der Waals surface area (Å²) in [7, 11) is 0. The molecule has 0 spiro atoms. The molecule has 2 N–H and O–H groups in total. The van der Waals surface area contributed by atoms with E-state index in [0.717, 1.165) is 12.8 Å². The van der Waals surface area contributed by atoms with Crippen LogP contribution in [-0.4, -0.2) is 35.7 Å². The van der Waals surface area contributed by atoms with Crippen molar-refractivity contribution < 1.29 is 19.4 Å². The zero-order valence-electron chi connectivity index (χ0n) is 9.73. The second-order valence-electron chi connectivity index (χ2n) is 4.50. The number of carbonyl (C=O) groups is 2. The van der Waals surface area contributed by atoms with Gasteiger partial charge in [-0.25, -0.2) is 4.79 Å². The molecule has 5 nitrogen and oxygen atoms in total. The molecule has 92 valence electrons. The maximum atomic E-state index is 11.4. The van der Waals surface area contributed by atoms with Crippen molar-refractivity contribution in [2.75, 3.05) is 6.61 Å². The third kappa shape index (κ3) is 5.11. The average molecular weight is 229 g/mol. The minimum atomic E-state index is -0.968. The van der Waals surface area contributed by atoms with Crippen molar-refractivity contribution in [1.82, 2.24) is 5.32 Å². The number of ether oxygens (including phenoxy) is 1. The monoisotopic (exact) mass is 229 g/mol. The van der Waals surface area contributed by atoms with Gasteiger partial charge in [0.25, 0.3) is 0 Å². The van der Waals surface area contributed by atoms with Crippen LogP contribution in [0.4, 0.5) is 0 Å². The minimum absolute atomic E-state index is 0.0301. The lowest BCUT2D eigenvalue weighted by molar-refractivity contribution is -0.143. The SMILES string of the molecule is CC(C)OCC(=O)NC(CC1CC1)C(=O)O. The Balaban J connectivity index is 2.29. The molecule has 5 heteroatoms. The summed E-state index contributed by atoms with van der Waals surface area (Å²) < 4.78 is 5.10. The highest BCUT2D eigenvalue weighted by atomic mass is 16.5. The Morgan fingerprint density at radius 1 is 1.44 bits per heavy atom. The molecule has 0 bridgehead atoms. The van der Waals surface area contributed by atoms with Crippen molar-refractivity contribution in [2.45, 2.75) is 45.3 Å². The molecule has 1 amide bonds. The minimum Gasteiger partial charge on any atom is -0.480 e. The fourth-order valence-corrected chi connectivity index (χ4v) is 1.39. The van der Waals surface area contributed by atoms with Crippen LogP contribution in [0, 0.1) is 5.92 Å². The number of hydrogen-bond donors (Lipinski definition) is 2. The van der Waals surface area contributed by atoms with E-state index in [9.17, 15) is 9.59 Å². The van der Waals surface area contributed by atoms with Crippen molar-refractivity contribution >= 4 is 11.9 Å². The highest BCUT2D eigenvalue weighted by Gasteiger charge is 2.30. The topological polar surface area (TPSA) is 75.6 Å². The molecule has 1 saturated carbocycles. The van der Waals surface area contributed by atoms with E-state index < -0.39 is 12.0 Å². The van der Waals surface area contributed by atoms with Gasteiger partial charge in [-0.1, -0.05) is 12.8 Å². The Labute approximate surface area is 95.2 Å². The van der Waals surface area contributed by atoms with Crippen LogP contribution in [0.3, 0.4) is 0 Å². The van der Waals surface area contributed by atoms with Gasteiger partial charge in [0.1, 0.15) is 12.6 Å². The molecular formula is C11H19NO4. The van der Waals surface area contributed by atoms with Gasteiger partial charge in [-0.15, -0.1) is 0 Å². The summed E-state index contributed by atoms with van der Waals surface area (Å²) in [5.41, 5.74) is 0. The predicted octanol–water partition coefficient (Wildman–Crippen LogP) is 0.781. The molecule has 1 aliphatic rings. The zero-order valence-corrected chi connectivity index (χ0v) is 9.73. The van der Waals surface area contributed by atoms with Gasteiger partial charge in [0, 0.05) is 0 Å². The second kappa shape index (κ2) is 5.84. The molecule has 1 fully saturated rings.